The Labute approximate surface area is 128 Å². The van der Waals surface area contributed by atoms with Gasteiger partial charge in [-0.05, 0) is 38.5 Å². The molecule has 0 aromatic carbocycles. The van der Waals surface area contributed by atoms with E-state index in [1.807, 2.05) is 19.1 Å². The molecule has 0 amide bonds. The highest BCUT2D eigenvalue weighted by molar-refractivity contribution is 7.89. The fourth-order valence-electron chi connectivity index (χ4n) is 2.07. The van der Waals surface area contributed by atoms with Crippen molar-refractivity contribution in [2.45, 2.75) is 44.2 Å². The van der Waals surface area contributed by atoms with Crippen LogP contribution in [0.15, 0.2) is 33.8 Å². The zero-order valence-electron chi connectivity index (χ0n) is 12.0. The molecule has 1 unspecified atom stereocenters. The minimum Gasteiger partial charge on any atom is -0.469 e. The summed E-state index contributed by atoms with van der Waals surface area (Å²) in [5.74, 6) is 0.843. The molecule has 2 heterocycles. The Morgan fingerprint density at radius 1 is 1.48 bits per heavy atom. The van der Waals surface area contributed by atoms with Gasteiger partial charge in [-0.1, -0.05) is 0 Å². The SMILES string of the molecule is Cc1sc(CO)cc1S(=O)(=O)NC(C)CCc1ccco1. The lowest BCUT2D eigenvalue weighted by Gasteiger charge is -2.13. The zero-order chi connectivity index (χ0) is 15.5. The number of rotatable bonds is 7. The van der Waals surface area contributed by atoms with Crippen molar-refractivity contribution in [2.24, 2.45) is 0 Å². The number of aliphatic hydroxyl groups is 1. The number of thiophene rings is 1. The summed E-state index contributed by atoms with van der Waals surface area (Å²) in [6.07, 6.45) is 2.94. The molecule has 0 aliphatic heterocycles. The van der Waals surface area contributed by atoms with Gasteiger partial charge in [0.1, 0.15) is 5.76 Å². The van der Waals surface area contributed by atoms with Gasteiger partial charge >= 0.3 is 0 Å². The van der Waals surface area contributed by atoms with Gasteiger partial charge in [0.25, 0.3) is 0 Å². The molecular formula is C14H19NO4S2. The molecule has 116 valence electrons. The van der Waals surface area contributed by atoms with Crippen LogP contribution in [-0.4, -0.2) is 19.6 Å². The van der Waals surface area contributed by atoms with Gasteiger partial charge in [-0.2, -0.15) is 0 Å². The highest BCUT2D eigenvalue weighted by atomic mass is 32.2. The molecule has 0 bridgehead atoms. The molecule has 7 heteroatoms. The molecule has 0 aliphatic rings. The van der Waals surface area contributed by atoms with E-state index in [1.165, 1.54) is 17.4 Å². The van der Waals surface area contributed by atoms with Gasteiger partial charge in [-0.25, -0.2) is 13.1 Å². The van der Waals surface area contributed by atoms with Crippen molar-refractivity contribution in [3.05, 3.63) is 40.0 Å². The van der Waals surface area contributed by atoms with Crippen molar-refractivity contribution in [2.75, 3.05) is 0 Å². The first-order chi connectivity index (χ1) is 9.92. The van der Waals surface area contributed by atoms with E-state index in [1.54, 1.807) is 13.2 Å². The second-order valence-corrected chi connectivity index (χ2v) is 7.95. The lowest BCUT2D eigenvalue weighted by Crippen LogP contribution is -2.33. The number of sulfonamides is 1. The van der Waals surface area contributed by atoms with Gasteiger partial charge in [0.2, 0.25) is 10.0 Å². The van der Waals surface area contributed by atoms with E-state index in [2.05, 4.69) is 4.72 Å². The van der Waals surface area contributed by atoms with Crippen LogP contribution in [0.5, 0.6) is 0 Å². The molecular weight excluding hydrogens is 310 g/mol. The van der Waals surface area contributed by atoms with Gasteiger partial charge in [0, 0.05) is 22.2 Å². The standard InChI is InChI=1S/C14H19NO4S2/c1-10(5-6-12-4-3-7-19-12)15-21(17,18)14-8-13(9-16)20-11(14)2/h3-4,7-8,10,15-16H,5-6,9H2,1-2H3. The smallest absolute Gasteiger partial charge is 0.241 e. The molecule has 5 nitrogen and oxygen atoms in total. The maximum absolute atomic E-state index is 12.3. The highest BCUT2D eigenvalue weighted by Gasteiger charge is 2.22. The molecule has 2 rings (SSSR count). The number of furan rings is 1. The Hall–Kier alpha value is -1.15. The van der Waals surface area contributed by atoms with Crippen molar-refractivity contribution in [3.63, 3.8) is 0 Å². The van der Waals surface area contributed by atoms with Crippen LogP contribution >= 0.6 is 11.3 Å². The lowest BCUT2D eigenvalue weighted by atomic mass is 10.2. The third-order valence-electron chi connectivity index (χ3n) is 3.13. The first-order valence-electron chi connectivity index (χ1n) is 6.67. The molecule has 0 saturated heterocycles. The number of hydrogen-bond acceptors (Lipinski definition) is 5. The first-order valence-corrected chi connectivity index (χ1v) is 8.97. The van der Waals surface area contributed by atoms with Crippen molar-refractivity contribution in [1.82, 2.24) is 4.72 Å². The van der Waals surface area contributed by atoms with Crippen molar-refractivity contribution in [1.29, 1.82) is 0 Å². The predicted molar refractivity (Wildman–Crippen MR) is 81.8 cm³/mol. The Balaban J connectivity index is 2.00. The average molecular weight is 329 g/mol. The summed E-state index contributed by atoms with van der Waals surface area (Å²) >= 11 is 1.30. The van der Waals surface area contributed by atoms with Crippen LogP contribution in [0, 0.1) is 6.92 Å². The van der Waals surface area contributed by atoms with Crippen LogP contribution in [-0.2, 0) is 23.1 Å². The molecule has 0 radical (unpaired) electrons. The van der Waals surface area contributed by atoms with Gasteiger partial charge in [-0.15, -0.1) is 11.3 Å². The van der Waals surface area contributed by atoms with Gasteiger partial charge in [0.15, 0.2) is 0 Å². The number of aryl methyl sites for hydroxylation is 2. The molecule has 0 fully saturated rings. The van der Waals surface area contributed by atoms with Crippen LogP contribution in [0.4, 0.5) is 0 Å². The largest absolute Gasteiger partial charge is 0.469 e. The average Bonchev–Trinajstić information content (AvgIpc) is 3.04. The molecule has 2 aromatic heterocycles. The molecule has 2 N–H and O–H groups in total. The van der Waals surface area contributed by atoms with Crippen LogP contribution < -0.4 is 4.72 Å². The molecule has 0 aliphatic carbocycles. The molecule has 2 aromatic rings. The monoisotopic (exact) mass is 329 g/mol. The number of hydrogen-bond donors (Lipinski definition) is 2. The van der Waals surface area contributed by atoms with E-state index in [-0.39, 0.29) is 17.5 Å². The van der Waals surface area contributed by atoms with E-state index in [0.717, 1.165) is 5.76 Å². The summed E-state index contributed by atoms with van der Waals surface area (Å²) < 4.78 is 32.6. The molecule has 0 saturated carbocycles. The summed E-state index contributed by atoms with van der Waals surface area (Å²) in [4.78, 5) is 1.59. The molecule has 21 heavy (non-hydrogen) atoms. The van der Waals surface area contributed by atoms with Crippen molar-refractivity contribution < 1.29 is 17.9 Å². The predicted octanol–water partition coefficient (Wildman–Crippen LogP) is 2.44. The van der Waals surface area contributed by atoms with Crippen LogP contribution in [0.1, 0.15) is 28.9 Å². The summed E-state index contributed by atoms with van der Waals surface area (Å²) in [5.41, 5.74) is 0. The summed E-state index contributed by atoms with van der Waals surface area (Å²) in [6, 6.07) is 5.02. The Kier molecular flexibility index (Phi) is 5.21. The maximum atomic E-state index is 12.3. The van der Waals surface area contributed by atoms with Gasteiger partial charge in [-0.3, -0.25) is 0 Å². The van der Waals surface area contributed by atoms with E-state index >= 15 is 0 Å². The van der Waals surface area contributed by atoms with Gasteiger partial charge < -0.3 is 9.52 Å². The van der Waals surface area contributed by atoms with Crippen molar-refractivity contribution in [3.8, 4) is 0 Å². The Morgan fingerprint density at radius 3 is 2.81 bits per heavy atom. The molecule has 0 spiro atoms. The maximum Gasteiger partial charge on any atom is 0.241 e. The van der Waals surface area contributed by atoms with Crippen LogP contribution in [0.25, 0.3) is 0 Å². The zero-order valence-corrected chi connectivity index (χ0v) is 13.6. The summed E-state index contributed by atoms with van der Waals surface area (Å²) in [5, 5.41) is 9.10. The van der Waals surface area contributed by atoms with Gasteiger partial charge in [0.05, 0.1) is 17.8 Å². The third kappa shape index (κ3) is 4.16. The second-order valence-electron chi connectivity index (χ2n) is 4.93. The second kappa shape index (κ2) is 6.74. The van der Waals surface area contributed by atoms with E-state index in [0.29, 0.717) is 22.6 Å². The Morgan fingerprint density at radius 2 is 2.24 bits per heavy atom. The quantitative estimate of drug-likeness (QED) is 0.818. The summed E-state index contributed by atoms with van der Waals surface area (Å²) in [7, 11) is -3.55. The molecule has 1 atom stereocenters. The number of nitrogens with one attached hydrogen (secondary N) is 1. The fraction of sp³-hybridized carbons (Fsp3) is 0.429. The van der Waals surface area contributed by atoms with E-state index in [9.17, 15) is 8.42 Å². The number of aliphatic hydroxyl groups excluding tert-OH is 1. The van der Waals surface area contributed by atoms with Crippen molar-refractivity contribution >= 4 is 21.4 Å². The lowest BCUT2D eigenvalue weighted by molar-refractivity contribution is 0.285. The topological polar surface area (TPSA) is 79.5 Å². The van der Waals surface area contributed by atoms with E-state index in [4.69, 9.17) is 9.52 Å². The minimum atomic E-state index is -3.55. The normalized spacial score (nSPS) is 13.5. The fourth-order valence-corrected chi connectivity index (χ4v) is 4.84. The Bertz CT molecular complexity index is 674. The highest BCUT2D eigenvalue weighted by Crippen LogP contribution is 2.26. The third-order valence-corrected chi connectivity index (χ3v) is 6.01. The van der Waals surface area contributed by atoms with Crippen LogP contribution in [0.3, 0.4) is 0 Å². The van der Waals surface area contributed by atoms with Crippen LogP contribution in [0.2, 0.25) is 0 Å². The van der Waals surface area contributed by atoms with E-state index < -0.39 is 10.0 Å². The first kappa shape index (κ1) is 16.2. The minimum absolute atomic E-state index is 0.144. The summed E-state index contributed by atoms with van der Waals surface area (Å²) in [6.45, 7) is 3.43.